The lowest BCUT2D eigenvalue weighted by Gasteiger charge is -2.20. The first-order valence-electron chi connectivity index (χ1n) is 7.27. The fourth-order valence-corrected chi connectivity index (χ4v) is 2.88. The van der Waals surface area contributed by atoms with Gasteiger partial charge in [-0.1, -0.05) is 25.1 Å². The lowest BCUT2D eigenvalue weighted by molar-refractivity contribution is 0.575. The summed E-state index contributed by atoms with van der Waals surface area (Å²) >= 11 is 0. The van der Waals surface area contributed by atoms with Crippen molar-refractivity contribution in [3.8, 4) is 0 Å². The maximum Gasteiger partial charge on any atom is 0.0754 e. The van der Waals surface area contributed by atoms with E-state index in [9.17, 15) is 0 Å². The van der Waals surface area contributed by atoms with Gasteiger partial charge in [-0.2, -0.15) is 5.10 Å². The summed E-state index contributed by atoms with van der Waals surface area (Å²) in [6, 6.07) is 10.7. The Kier molecular flexibility index (Phi) is 3.71. The maximum atomic E-state index is 4.48. The van der Waals surface area contributed by atoms with Gasteiger partial charge in [0, 0.05) is 24.8 Å². The predicted octanol–water partition coefficient (Wildman–Crippen LogP) is 2.98. The van der Waals surface area contributed by atoms with Gasteiger partial charge in [-0.15, -0.1) is 0 Å². The lowest BCUT2D eigenvalue weighted by Crippen LogP contribution is -2.24. The quantitative estimate of drug-likeness (QED) is 0.799. The summed E-state index contributed by atoms with van der Waals surface area (Å²) in [5.74, 6) is 0. The first-order valence-corrected chi connectivity index (χ1v) is 7.27. The molecule has 3 aromatic rings. The smallest absolute Gasteiger partial charge is 0.0754 e. The molecule has 3 rings (SSSR count). The minimum Gasteiger partial charge on any atom is -0.305 e. The van der Waals surface area contributed by atoms with Crippen LogP contribution in [0.4, 0.5) is 0 Å². The summed E-state index contributed by atoms with van der Waals surface area (Å²) < 4.78 is 1.96. The van der Waals surface area contributed by atoms with Crippen molar-refractivity contribution in [1.82, 2.24) is 20.1 Å². The van der Waals surface area contributed by atoms with Crippen molar-refractivity contribution in [2.45, 2.75) is 19.9 Å². The van der Waals surface area contributed by atoms with Crippen LogP contribution >= 0.6 is 0 Å². The van der Waals surface area contributed by atoms with E-state index in [0.29, 0.717) is 0 Å². The molecule has 1 atom stereocenters. The van der Waals surface area contributed by atoms with Gasteiger partial charge < -0.3 is 5.32 Å². The maximum absolute atomic E-state index is 4.48. The summed E-state index contributed by atoms with van der Waals surface area (Å²) in [5.41, 5.74) is 3.48. The highest BCUT2D eigenvalue weighted by Crippen LogP contribution is 2.28. The summed E-state index contributed by atoms with van der Waals surface area (Å²) in [7, 11) is 2.00. The van der Waals surface area contributed by atoms with Gasteiger partial charge in [0.15, 0.2) is 0 Å². The van der Waals surface area contributed by atoms with E-state index in [-0.39, 0.29) is 6.04 Å². The van der Waals surface area contributed by atoms with Crippen molar-refractivity contribution in [3.63, 3.8) is 0 Å². The molecule has 1 N–H and O–H groups in total. The van der Waals surface area contributed by atoms with Gasteiger partial charge in [-0.05, 0) is 36.6 Å². The van der Waals surface area contributed by atoms with Crippen LogP contribution in [0.15, 0.2) is 42.7 Å². The number of benzene rings is 1. The summed E-state index contributed by atoms with van der Waals surface area (Å²) in [6.45, 7) is 5.05. The molecule has 4 nitrogen and oxygen atoms in total. The normalized spacial score (nSPS) is 12.7. The molecular weight excluding hydrogens is 260 g/mol. The Balaban J connectivity index is 2.18. The molecule has 108 valence electrons. The third-order valence-electron chi connectivity index (χ3n) is 3.77. The highest BCUT2D eigenvalue weighted by molar-refractivity contribution is 5.85. The van der Waals surface area contributed by atoms with Gasteiger partial charge >= 0.3 is 0 Å². The first-order chi connectivity index (χ1) is 10.2. The Bertz CT molecular complexity index is 755. The molecule has 2 aromatic heterocycles. The third-order valence-corrected chi connectivity index (χ3v) is 3.77. The number of nitrogens with zero attached hydrogens (tertiary/aromatic N) is 3. The monoisotopic (exact) mass is 280 g/mol. The number of rotatable bonds is 4. The minimum atomic E-state index is 0.132. The number of fused-ring (bicyclic) bond motifs is 1. The van der Waals surface area contributed by atoms with Crippen molar-refractivity contribution in [2.75, 3.05) is 6.54 Å². The molecule has 4 heteroatoms. The molecule has 0 aliphatic carbocycles. The number of hydrogen-bond donors (Lipinski definition) is 1. The molecule has 1 unspecified atom stereocenters. The minimum absolute atomic E-state index is 0.132. The Morgan fingerprint density at radius 2 is 2.14 bits per heavy atom. The lowest BCUT2D eigenvalue weighted by atomic mass is 9.97. The van der Waals surface area contributed by atoms with E-state index in [1.165, 1.54) is 16.6 Å². The summed E-state index contributed by atoms with van der Waals surface area (Å²) in [5, 5.41) is 10.5. The molecule has 0 saturated carbocycles. The van der Waals surface area contributed by atoms with Crippen molar-refractivity contribution in [2.24, 2.45) is 7.05 Å². The van der Waals surface area contributed by atoms with Crippen LogP contribution in [0, 0.1) is 6.92 Å². The fourth-order valence-electron chi connectivity index (χ4n) is 2.88. The molecular formula is C17H20N4. The fraction of sp³-hybridized carbons (Fsp3) is 0.294. The molecule has 0 radical (unpaired) electrons. The molecule has 0 spiro atoms. The van der Waals surface area contributed by atoms with Crippen LogP contribution in [-0.4, -0.2) is 21.3 Å². The van der Waals surface area contributed by atoms with Crippen LogP contribution in [-0.2, 0) is 7.05 Å². The largest absolute Gasteiger partial charge is 0.305 e. The highest BCUT2D eigenvalue weighted by Gasteiger charge is 2.19. The van der Waals surface area contributed by atoms with Crippen molar-refractivity contribution in [1.29, 1.82) is 0 Å². The Morgan fingerprint density at radius 3 is 2.86 bits per heavy atom. The second kappa shape index (κ2) is 5.66. The molecule has 0 aliphatic heterocycles. The van der Waals surface area contributed by atoms with Gasteiger partial charge in [0.05, 0.1) is 17.4 Å². The SMILES string of the molecule is CCNC(c1cccc2cnccc12)c1cc(C)nn1C. The van der Waals surface area contributed by atoms with Crippen LogP contribution in [0.1, 0.15) is 29.9 Å². The number of aryl methyl sites for hydroxylation is 2. The average molecular weight is 280 g/mol. The number of hydrogen-bond acceptors (Lipinski definition) is 3. The van der Waals surface area contributed by atoms with E-state index in [4.69, 9.17) is 0 Å². The van der Waals surface area contributed by atoms with E-state index >= 15 is 0 Å². The molecule has 0 aliphatic rings. The molecule has 0 fully saturated rings. The molecule has 0 saturated heterocycles. The first kappa shape index (κ1) is 13.8. The van der Waals surface area contributed by atoms with Gasteiger partial charge in [0.25, 0.3) is 0 Å². The third kappa shape index (κ3) is 2.54. The van der Waals surface area contributed by atoms with Gasteiger partial charge in [-0.3, -0.25) is 9.67 Å². The van der Waals surface area contributed by atoms with E-state index in [2.05, 4.69) is 52.7 Å². The van der Waals surface area contributed by atoms with Gasteiger partial charge in [0.1, 0.15) is 0 Å². The van der Waals surface area contributed by atoms with E-state index in [1.807, 2.05) is 31.0 Å². The summed E-state index contributed by atoms with van der Waals surface area (Å²) in [4.78, 5) is 4.22. The van der Waals surface area contributed by atoms with E-state index in [0.717, 1.165) is 17.6 Å². The number of pyridine rings is 1. The highest BCUT2D eigenvalue weighted by atomic mass is 15.3. The zero-order valence-electron chi connectivity index (χ0n) is 12.7. The van der Waals surface area contributed by atoms with Crippen LogP contribution in [0.2, 0.25) is 0 Å². The van der Waals surface area contributed by atoms with Crippen LogP contribution in [0.5, 0.6) is 0 Å². The number of aromatic nitrogens is 3. The Morgan fingerprint density at radius 1 is 1.29 bits per heavy atom. The second-order valence-electron chi connectivity index (χ2n) is 5.27. The molecule has 2 heterocycles. The molecule has 0 amide bonds. The Labute approximate surface area is 124 Å². The van der Waals surface area contributed by atoms with Crippen LogP contribution in [0.3, 0.4) is 0 Å². The van der Waals surface area contributed by atoms with Gasteiger partial charge in [-0.25, -0.2) is 0 Å². The average Bonchev–Trinajstić information content (AvgIpc) is 2.83. The van der Waals surface area contributed by atoms with Crippen molar-refractivity contribution >= 4 is 10.8 Å². The number of nitrogens with one attached hydrogen (secondary N) is 1. The van der Waals surface area contributed by atoms with Crippen LogP contribution in [0.25, 0.3) is 10.8 Å². The molecule has 21 heavy (non-hydrogen) atoms. The second-order valence-corrected chi connectivity index (χ2v) is 5.27. The zero-order valence-corrected chi connectivity index (χ0v) is 12.7. The molecule has 0 bridgehead atoms. The van der Waals surface area contributed by atoms with E-state index in [1.54, 1.807) is 0 Å². The van der Waals surface area contributed by atoms with E-state index < -0.39 is 0 Å². The Hall–Kier alpha value is -2.20. The topological polar surface area (TPSA) is 42.7 Å². The molecule has 1 aromatic carbocycles. The predicted molar refractivity (Wildman–Crippen MR) is 85.2 cm³/mol. The van der Waals surface area contributed by atoms with Crippen molar-refractivity contribution in [3.05, 3.63) is 59.7 Å². The zero-order chi connectivity index (χ0) is 14.8. The summed E-state index contributed by atoms with van der Waals surface area (Å²) in [6.07, 6.45) is 3.76. The van der Waals surface area contributed by atoms with Crippen molar-refractivity contribution < 1.29 is 0 Å². The standard InChI is InChI=1S/C17H20N4/c1-4-19-17(16-10-12(2)20-21(16)3)15-7-5-6-13-11-18-9-8-14(13)15/h5-11,17,19H,4H2,1-3H3. The van der Waals surface area contributed by atoms with Gasteiger partial charge in [0.2, 0.25) is 0 Å². The van der Waals surface area contributed by atoms with Crippen LogP contribution < -0.4 is 5.32 Å².